The number of aromatic nitrogens is 4. The van der Waals surface area contributed by atoms with E-state index in [-0.39, 0.29) is 5.54 Å². The van der Waals surface area contributed by atoms with Crippen LogP contribution in [0.1, 0.15) is 32.0 Å². The summed E-state index contributed by atoms with van der Waals surface area (Å²) in [6.07, 6.45) is 5.56. The molecule has 0 aliphatic carbocycles. The van der Waals surface area contributed by atoms with Crippen molar-refractivity contribution < 1.29 is 0 Å². The molecule has 0 radical (unpaired) electrons. The lowest BCUT2D eigenvalue weighted by Crippen LogP contribution is -2.35. The second kappa shape index (κ2) is 5.79. The van der Waals surface area contributed by atoms with Crippen molar-refractivity contribution in [2.45, 2.75) is 39.4 Å². The van der Waals surface area contributed by atoms with Crippen LogP contribution < -0.4 is 5.32 Å². The quantitative estimate of drug-likeness (QED) is 0.938. The highest BCUT2D eigenvalue weighted by Gasteiger charge is 2.10. The van der Waals surface area contributed by atoms with Gasteiger partial charge in [-0.2, -0.15) is 0 Å². The van der Waals surface area contributed by atoms with Gasteiger partial charge < -0.3 is 5.32 Å². The van der Waals surface area contributed by atoms with Crippen molar-refractivity contribution in [2.75, 3.05) is 0 Å². The van der Waals surface area contributed by atoms with Crippen LogP contribution in [0.15, 0.2) is 29.1 Å². The third-order valence-electron chi connectivity index (χ3n) is 2.49. The Labute approximate surface area is 121 Å². The Hall–Kier alpha value is -1.27. The molecule has 0 amide bonds. The fourth-order valence-electron chi connectivity index (χ4n) is 1.58. The predicted molar refractivity (Wildman–Crippen MR) is 77.7 cm³/mol. The number of rotatable bonds is 4. The topological polar surface area (TPSA) is 55.6 Å². The fraction of sp³-hybridized carbons (Fsp3) is 0.462. The molecule has 19 heavy (non-hydrogen) atoms. The van der Waals surface area contributed by atoms with Gasteiger partial charge in [-0.05, 0) is 48.3 Å². The molecule has 102 valence electrons. The van der Waals surface area contributed by atoms with Gasteiger partial charge in [-0.3, -0.25) is 4.98 Å². The second-order valence-electron chi connectivity index (χ2n) is 5.52. The van der Waals surface area contributed by atoms with Gasteiger partial charge in [-0.1, -0.05) is 5.21 Å². The second-order valence-corrected chi connectivity index (χ2v) is 6.44. The van der Waals surface area contributed by atoms with Crippen molar-refractivity contribution >= 4 is 15.9 Å². The van der Waals surface area contributed by atoms with E-state index in [1.54, 1.807) is 6.20 Å². The lowest BCUT2D eigenvalue weighted by molar-refractivity contribution is 0.421. The standard InChI is InChI=1S/C13H18BrN5/c1-13(2,3)16-7-12-9-19(18-17-12)8-10-4-11(14)6-15-5-10/h4-6,9,16H,7-8H2,1-3H3. The van der Waals surface area contributed by atoms with Crippen molar-refractivity contribution in [3.8, 4) is 0 Å². The van der Waals surface area contributed by atoms with Gasteiger partial charge in [0.1, 0.15) is 0 Å². The number of nitrogens with one attached hydrogen (secondary N) is 1. The zero-order chi connectivity index (χ0) is 13.9. The molecule has 0 spiro atoms. The molecule has 0 saturated carbocycles. The van der Waals surface area contributed by atoms with Crippen LogP contribution in [0.3, 0.4) is 0 Å². The Balaban J connectivity index is 1.97. The predicted octanol–water partition coefficient (Wildman–Crippen LogP) is 2.37. The molecule has 2 aromatic heterocycles. The third-order valence-corrected chi connectivity index (χ3v) is 2.93. The Bertz CT molecular complexity index is 544. The average Bonchev–Trinajstić information content (AvgIpc) is 2.73. The molecule has 2 aromatic rings. The molecule has 5 nitrogen and oxygen atoms in total. The van der Waals surface area contributed by atoms with E-state index in [4.69, 9.17) is 0 Å². The molecule has 2 rings (SSSR count). The molecule has 6 heteroatoms. The van der Waals surface area contributed by atoms with Crippen molar-refractivity contribution in [3.63, 3.8) is 0 Å². The average molecular weight is 324 g/mol. The lowest BCUT2D eigenvalue weighted by Gasteiger charge is -2.19. The summed E-state index contributed by atoms with van der Waals surface area (Å²) in [7, 11) is 0. The van der Waals surface area contributed by atoms with Crippen LogP contribution in [0.25, 0.3) is 0 Å². The van der Waals surface area contributed by atoms with Gasteiger partial charge in [0.15, 0.2) is 0 Å². The van der Waals surface area contributed by atoms with Crippen molar-refractivity contribution in [2.24, 2.45) is 0 Å². The Morgan fingerprint density at radius 2 is 2.11 bits per heavy atom. The summed E-state index contributed by atoms with van der Waals surface area (Å²) in [5.41, 5.74) is 2.12. The lowest BCUT2D eigenvalue weighted by atomic mass is 10.1. The van der Waals surface area contributed by atoms with Crippen LogP contribution in [-0.2, 0) is 13.1 Å². The number of hydrogen-bond acceptors (Lipinski definition) is 4. The van der Waals surface area contributed by atoms with Crippen molar-refractivity contribution in [3.05, 3.63) is 40.4 Å². The van der Waals surface area contributed by atoms with Crippen LogP contribution in [0.4, 0.5) is 0 Å². The smallest absolute Gasteiger partial charge is 0.0965 e. The Morgan fingerprint density at radius 3 is 2.79 bits per heavy atom. The number of nitrogens with zero attached hydrogens (tertiary/aromatic N) is 4. The molecule has 0 aromatic carbocycles. The van der Waals surface area contributed by atoms with E-state index in [0.717, 1.165) is 22.3 Å². The van der Waals surface area contributed by atoms with E-state index in [0.29, 0.717) is 6.54 Å². The highest BCUT2D eigenvalue weighted by atomic mass is 79.9. The Kier molecular flexibility index (Phi) is 4.31. The first-order chi connectivity index (χ1) is 8.92. The maximum atomic E-state index is 4.16. The maximum Gasteiger partial charge on any atom is 0.0965 e. The van der Waals surface area contributed by atoms with Gasteiger partial charge in [-0.25, -0.2) is 4.68 Å². The maximum absolute atomic E-state index is 4.16. The molecule has 0 bridgehead atoms. The van der Waals surface area contributed by atoms with Gasteiger partial charge in [0.2, 0.25) is 0 Å². The summed E-state index contributed by atoms with van der Waals surface area (Å²) in [5.74, 6) is 0. The molecule has 0 atom stereocenters. The zero-order valence-corrected chi connectivity index (χ0v) is 13.0. The molecule has 0 unspecified atom stereocenters. The van der Waals surface area contributed by atoms with Crippen LogP contribution >= 0.6 is 15.9 Å². The van der Waals surface area contributed by atoms with Gasteiger partial charge in [0.05, 0.1) is 18.4 Å². The van der Waals surface area contributed by atoms with E-state index < -0.39 is 0 Å². The Morgan fingerprint density at radius 1 is 1.32 bits per heavy atom. The summed E-state index contributed by atoms with van der Waals surface area (Å²) < 4.78 is 2.79. The van der Waals surface area contributed by atoms with E-state index >= 15 is 0 Å². The van der Waals surface area contributed by atoms with E-state index in [1.165, 1.54) is 0 Å². The number of pyridine rings is 1. The molecule has 0 saturated heterocycles. The third kappa shape index (κ3) is 4.72. The minimum absolute atomic E-state index is 0.0813. The summed E-state index contributed by atoms with van der Waals surface area (Å²) in [6.45, 7) is 7.79. The van der Waals surface area contributed by atoms with Crippen molar-refractivity contribution in [1.82, 2.24) is 25.3 Å². The van der Waals surface area contributed by atoms with E-state index in [1.807, 2.05) is 23.1 Å². The minimum atomic E-state index is 0.0813. The summed E-state index contributed by atoms with van der Waals surface area (Å²) >= 11 is 3.41. The molecular weight excluding hydrogens is 306 g/mol. The summed E-state index contributed by atoms with van der Waals surface area (Å²) in [6, 6.07) is 2.03. The molecular formula is C13H18BrN5. The van der Waals surface area contributed by atoms with E-state index in [9.17, 15) is 0 Å². The molecule has 1 N–H and O–H groups in total. The molecule has 0 aliphatic heterocycles. The first kappa shape index (κ1) is 14.1. The van der Waals surface area contributed by atoms with Crippen LogP contribution in [0.2, 0.25) is 0 Å². The minimum Gasteiger partial charge on any atom is -0.306 e. The monoisotopic (exact) mass is 323 g/mol. The molecule has 0 aliphatic rings. The summed E-state index contributed by atoms with van der Waals surface area (Å²) in [5, 5.41) is 11.7. The van der Waals surface area contributed by atoms with Crippen LogP contribution in [-0.4, -0.2) is 25.5 Å². The molecule has 2 heterocycles. The van der Waals surface area contributed by atoms with E-state index in [2.05, 4.69) is 57.3 Å². The van der Waals surface area contributed by atoms with Gasteiger partial charge in [-0.15, -0.1) is 5.10 Å². The number of halogens is 1. The highest BCUT2D eigenvalue weighted by molar-refractivity contribution is 9.10. The van der Waals surface area contributed by atoms with Gasteiger partial charge >= 0.3 is 0 Å². The summed E-state index contributed by atoms with van der Waals surface area (Å²) in [4.78, 5) is 4.14. The van der Waals surface area contributed by atoms with Crippen LogP contribution in [0, 0.1) is 0 Å². The van der Waals surface area contributed by atoms with Gasteiger partial charge in [0.25, 0.3) is 0 Å². The zero-order valence-electron chi connectivity index (χ0n) is 11.4. The van der Waals surface area contributed by atoms with Crippen LogP contribution in [0.5, 0.6) is 0 Å². The first-order valence-electron chi connectivity index (χ1n) is 6.16. The van der Waals surface area contributed by atoms with Gasteiger partial charge in [0, 0.05) is 29.0 Å². The highest BCUT2D eigenvalue weighted by Crippen LogP contribution is 2.10. The SMILES string of the molecule is CC(C)(C)NCc1cn(Cc2cncc(Br)c2)nn1. The van der Waals surface area contributed by atoms with Crippen molar-refractivity contribution in [1.29, 1.82) is 0 Å². The fourth-order valence-corrected chi connectivity index (χ4v) is 1.99. The first-order valence-corrected chi connectivity index (χ1v) is 6.95. The largest absolute Gasteiger partial charge is 0.306 e. The number of hydrogen-bond donors (Lipinski definition) is 1. The normalized spacial score (nSPS) is 11.8. The molecule has 0 fully saturated rings.